The van der Waals surface area contributed by atoms with E-state index in [4.69, 9.17) is 20.1 Å². The number of carboxylic acids is 2. The van der Waals surface area contributed by atoms with Gasteiger partial charge in [-0.15, -0.1) is 0 Å². The van der Waals surface area contributed by atoms with E-state index in [-0.39, 0.29) is 25.0 Å². The van der Waals surface area contributed by atoms with Crippen LogP contribution in [0.2, 0.25) is 0 Å². The molecule has 1 aromatic rings. The van der Waals surface area contributed by atoms with Crippen LogP contribution >= 0.6 is 0 Å². The molecule has 0 saturated heterocycles. The second kappa shape index (κ2) is 6.48. The van der Waals surface area contributed by atoms with Gasteiger partial charge >= 0.3 is 11.9 Å². The molecule has 3 N–H and O–H groups in total. The molecule has 0 aliphatic rings. The predicted octanol–water partition coefficient (Wildman–Crippen LogP) is 1.48. The number of ether oxygens (including phenoxy) is 1. The van der Waals surface area contributed by atoms with E-state index in [1.54, 1.807) is 0 Å². The van der Waals surface area contributed by atoms with Gasteiger partial charge in [0.05, 0.1) is 0 Å². The van der Waals surface area contributed by atoms with Crippen molar-refractivity contribution in [3.8, 4) is 11.5 Å². The second-order valence-electron chi connectivity index (χ2n) is 3.72. The highest BCUT2D eigenvalue weighted by Gasteiger charge is 2.19. The lowest BCUT2D eigenvalue weighted by Crippen LogP contribution is -2.27. The van der Waals surface area contributed by atoms with Crippen molar-refractivity contribution in [3.63, 3.8) is 0 Å². The Morgan fingerprint density at radius 3 is 2.28 bits per heavy atom. The van der Waals surface area contributed by atoms with Crippen LogP contribution in [0.3, 0.4) is 0 Å². The van der Waals surface area contributed by atoms with Gasteiger partial charge in [-0.1, -0.05) is 0 Å². The van der Waals surface area contributed by atoms with Crippen molar-refractivity contribution in [1.29, 1.82) is 0 Å². The van der Waals surface area contributed by atoms with Crippen LogP contribution < -0.4 is 4.74 Å². The molecule has 0 aliphatic carbocycles. The number of benzene rings is 1. The summed E-state index contributed by atoms with van der Waals surface area (Å²) in [6, 6.07) is 5.65. The van der Waals surface area contributed by atoms with E-state index in [1.807, 2.05) is 0 Å². The van der Waals surface area contributed by atoms with E-state index in [0.29, 0.717) is 5.75 Å². The molecule has 98 valence electrons. The summed E-state index contributed by atoms with van der Waals surface area (Å²) in [4.78, 5) is 21.3. The van der Waals surface area contributed by atoms with Gasteiger partial charge < -0.3 is 20.1 Å². The maximum atomic E-state index is 10.9. The lowest BCUT2D eigenvalue weighted by atomic mass is 10.1. The standard InChI is InChI=1S/C12H14O6/c13-8-4-6-9(7-5-8)18-10(12(16)17)2-1-3-11(14)15/h4-7,10,13H,1-3H2,(H,14,15)(H,16,17). The van der Waals surface area contributed by atoms with Gasteiger partial charge in [0.2, 0.25) is 0 Å². The largest absolute Gasteiger partial charge is 0.508 e. The Morgan fingerprint density at radius 2 is 1.78 bits per heavy atom. The molecule has 6 nitrogen and oxygen atoms in total. The SMILES string of the molecule is O=C(O)CCCC(Oc1ccc(O)cc1)C(=O)O. The lowest BCUT2D eigenvalue weighted by molar-refractivity contribution is -0.146. The summed E-state index contributed by atoms with van der Waals surface area (Å²) in [5.41, 5.74) is 0. The van der Waals surface area contributed by atoms with Crippen molar-refractivity contribution in [2.24, 2.45) is 0 Å². The van der Waals surface area contributed by atoms with E-state index in [0.717, 1.165) is 0 Å². The van der Waals surface area contributed by atoms with Crippen molar-refractivity contribution in [1.82, 2.24) is 0 Å². The van der Waals surface area contributed by atoms with E-state index < -0.39 is 18.0 Å². The van der Waals surface area contributed by atoms with Gasteiger partial charge in [0, 0.05) is 6.42 Å². The van der Waals surface area contributed by atoms with E-state index in [9.17, 15) is 9.59 Å². The van der Waals surface area contributed by atoms with Crippen LogP contribution in [0.5, 0.6) is 11.5 Å². The first-order valence-corrected chi connectivity index (χ1v) is 5.39. The molecule has 0 amide bonds. The first-order valence-electron chi connectivity index (χ1n) is 5.39. The molecular formula is C12H14O6. The zero-order chi connectivity index (χ0) is 13.5. The third-order valence-electron chi connectivity index (χ3n) is 2.25. The molecule has 0 saturated carbocycles. The quantitative estimate of drug-likeness (QED) is 0.680. The molecule has 0 radical (unpaired) electrons. The highest BCUT2D eigenvalue weighted by molar-refractivity contribution is 5.73. The van der Waals surface area contributed by atoms with Crippen molar-refractivity contribution in [2.75, 3.05) is 0 Å². The van der Waals surface area contributed by atoms with E-state index >= 15 is 0 Å². The fourth-order valence-electron chi connectivity index (χ4n) is 1.36. The maximum absolute atomic E-state index is 10.9. The number of carboxylic acid groups (broad SMARTS) is 2. The van der Waals surface area contributed by atoms with E-state index in [1.165, 1.54) is 24.3 Å². The molecule has 0 spiro atoms. The second-order valence-corrected chi connectivity index (χ2v) is 3.72. The molecule has 0 heterocycles. The summed E-state index contributed by atoms with van der Waals surface area (Å²) in [5, 5.41) is 26.5. The highest BCUT2D eigenvalue weighted by Crippen LogP contribution is 2.18. The number of hydrogen-bond donors (Lipinski definition) is 3. The Bertz CT molecular complexity index is 411. The van der Waals surface area contributed by atoms with Gasteiger partial charge in [-0.2, -0.15) is 0 Å². The lowest BCUT2D eigenvalue weighted by Gasteiger charge is -2.14. The third-order valence-corrected chi connectivity index (χ3v) is 2.25. The average Bonchev–Trinajstić information content (AvgIpc) is 2.30. The van der Waals surface area contributed by atoms with Crippen LogP contribution in [-0.4, -0.2) is 33.4 Å². The Hall–Kier alpha value is -2.24. The van der Waals surface area contributed by atoms with Gasteiger partial charge in [0.15, 0.2) is 6.10 Å². The first-order chi connectivity index (χ1) is 8.49. The molecule has 1 aromatic carbocycles. The van der Waals surface area contributed by atoms with Gasteiger partial charge in [0.1, 0.15) is 11.5 Å². The summed E-state index contributed by atoms with van der Waals surface area (Å²) in [5.74, 6) is -1.74. The minimum absolute atomic E-state index is 0.0557. The fourth-order valence-corrected chi connectivity index (χ4v) is 1.36. The zero-order valence-corrected chi connectivity index (χ0v) is 9.57. The Labute approximate surface area is 103 Å². The van der Waals surface area contributed by atoms with Crippen molar-refractivity contribution < 1.29 is 29.6 Å². The topological polar surface area (TPSA) is 104 Å². The van der Waals surface area contributed by atoms with Crippen molar-refractivity contribution in [3.05, 3.63) is 24.3 Å². The Morgan fingerprint density at radius 1 is 1.17 bits per heavy atom. The van der Waals surface area contributed by atoms with Crippen LogP contribution in [0.1, 0.15) is 19.3 Å². The van der Waals surface area contributed by atoms with Crippen LogP contribution in [0, 0.1) is 0 Å². The molecule has 1 rings (SSSR count). The molecule has 0 aliphatic heterocycles. The van der Waals surface area contributed by atoms with Crippen molar-refractivity contribution >= 4 is 11.9 Å². The number of carbonyl (C=O) groups is 2. The minimum atomic E-state index is -1.14. The summed E-state index contributed by atoms with van der Waals surface area (Å²) in [7, 11) is 0. The Balaban J connectivity index is 2.54. The number of phenolic OH excluding ortho intramolecular Hbond substituents is 1. The van der Waals surface area contributed by atoms with E-state index in [2.05, 4.69) is 0 Å². The summed E-state index contributed by atoms with van der Waals surface area (Å²) >= 11 is 0. The highest BCUT2D eigenvalue weighted by atomic mass is 16.5. The minimum Gasteiger partial charge on any atom is -0.508 e. The molecule has 0 bridgehead atoms. The predicted molar refractivity (Wildman–Crippen MR) is 61.6 cm³/mol. The molecule has 0 aromatic heterocycles. The smallest absolute Gasteiger partial charge is 0.344 e. The van der Waals surface area contributed by atoms with Crippen LogP contribution in [0.15, 0.2) is 24.3 Å². The summed E-state index contributed by atoms with van der Waals surface area (Å²) < 4.78 is 5.21. The number of hydrogen-bond acceptors (Lipinski definition) is 4. The molecule has 0 fully saturated rings. The number of aromatic hydroxyl groups is 1. The first kappa shape index (κ1) is 13.8. The van der Waals surface area contributed by atoms with Gasteiger partial charge in [-0.25, -0.2) is 4.79 Å². The van der Waals surface area contributed by atoms with Gasteiger partial charge in [0.25, 0.3) is 0 Å². The number of phenols is 1. The molecule has 6 heteroatoms. The Kier molecular flexibility index (Phi) is 4.98. The molecular weight excluding hydrogens is 240 g/mol. The zero-order valence-electron chi connectivity index (χ0n) is 9.57. The van der Waals surface area contributed by atoms with Crippen LogP contribution in [0.25, 0.3) is 0 Å². The van der Waals surface area contributed by atoms with Crippen LogP contribution in [-0.2, 0) is 9.59 Å². The monoisotopic (exact) mass is 254 g/mol. The molecule has 1 unspecified atom stereocenters. The van der Waals surface area contributed by atoms with Crippen molar-refractivity contribution in [2.45, 2.75) is 25.4 Å². The number of aliphatic carboxylic acids is 2. The summed E-state index contributed by atoms with van der Waals surface area (Å²) in [6.45, 7) is 0. The average molecular weight is 254 g/mol. The van der Waals surface area contributed by atoms with Gasteiger partial charge in [-0.3, -0.25) is 4.79 Å². The summed E-state index contributed by atoms with van der Waals surface area (Å²) in [6.07, 6.45) is -0.843. The van der Waals surface area contributed by atoms with Gasteiger partial charge in [-0.05, 0) is 37.1 Å². The van der Waals surface area contributed by atoms with Crippen LogP contribution in [0.4, 0.5) is 0 Å². The fraction of sp³-hybridized carbons (Fsp3) is 0.333. The number of rotatable bonds is 7. The molecule has 1 atom stereocenters. The maximum Gasteiger partial charge on any atom is 0.344 e. The third kappa shape index (κ3) is 4.73. The molecule has 18 heavy (non-hydrogen) atoms. The normalized spacial score (nSPS) is 11.8.